The minimum atomic E-state index is -4.09. The Hall–Kier alpha value is -4.12. The van der Waals surface area contributed by atoms with Crippen LogP contribution in [0, 0.1) is 20.2 Å². The number of nitrogens with zero attached hydrogens (tertiary/aromatic N) is 4. The summed E-state index contributed by atoms with van der Waals surface area (Å²) in [4.78, 5) is 28.3. The molecule has 0 radical (unpaired) electrons. The molecule has 0 spiro atoms. The number of nitro groups is 2. The van der Waals surface area contributed by atoms with Crippen LogP contribution in [0.4, 0.5) is 21.8 Å². The minimum absolute atomic E-state index is 0. The molecule has 0 aliphatic heterocycles. The number of anilines is 1. The molecule has 190 valence electrons. The molecule has 11 nitrogen and oxygen atoms in total. The third-order valence-corrected chi connectivity index (χ3v) is 5.70. The first-order valence-electron chi connectivity index (χ1n) is 9.60. The van der Waals surface area contributed by atoms with E-state index in [-0.39, 0.29) is 52.6 Å². The van der Waals surface area contributed by atoms with Gasteiger partial charge in [0, 0.05) is 68.8 Å². The van der Waals surface area contributed by atoms with E-state index in [1.165, 1.54) is 24.4 Å². The number of non-ortho nitro benzene ring substituents is 2. The Kier molecular flexibility index (Phi) is 11.4. The number of halogens is 1. The van der Waals surface area contributed by atoms with E-state index in [4.69, 9.17) is 0 Å². The Morgan fingerprint density at radius 3 is 1.81 bits per heavy atom. The molecule has 2 aromatic heterocycles. The summed E-state index contributed by atoms with van der Waals surface area (Å²) < 4.78 is 27.7. The standard InChI is InChI=1S/C17H12N4O6S.C5H5N.FH.Pd/c22-20(23)12-4-7-14(8-5-12)28(26,27)19-17-9-6-13(21(24)25)11-15(17)16-3-1-2-10-18-16;1-2-4-6-5-3-1;;/h1-11,19H;1-5H;1H;. The van der Waals surface area contributed by atoms with Crippen molar-refractivity contribution in [1.29, 1.82) is 0 Å². The van der Waals surface area contributed by atoms with Crippen molar-refractivity contribution in [3.05, 3.63) is 118 Å². The molecule has 36 heavy (non-hydrogen) atoms. The molecule has 0 saturated carbocycles. The first kappa shape index (κ1) is 29.9. The molecule has 0 amide bonds. The van der Waals surface area contributed by atoms with Gasteiger partial charge in [-0.15, -0.1) is 0 Å². The summed E-state index contributed by atoms with van der Waals surface area (Å²) in [7, 11) is -4.09. The van der Waals surface area contributed by atoms with Crippen molar-refractivity contribution in [1.82, 2.24) is 9.97 Å². The smallest absolute Gasteiger partial charge is 0.270 e. The number of hydrogen-bond donors (Lipinski definition) is 1. The monoisotopic (exact) mass is 605 g/mol. The average Bonchev–Trinajstić information content (AvgIpc) is 2.86. The largest absolute Gasteiger partial charge is 0.279 e. The van der Waals surface area contributed by atoms with Crippen LogP contribution in [-0.2, 0) is 30.4 Å². The molecule has 0 aliphatic rings. The maximum absolute atomic E-state index is 12.6. The van der Waals surface area contributed by atoms with Gasteiger partial charge in [0.2, 0.25) is 0 Å². The Morgan fingerprint density at radius 1 is 0.750 bits per heavy atom. The van der Waals surface area contributed by atoms with Crippen molar-refractivity contribution >= 4 is 27.1 Å². The molecule has 2 heterocycles. The van der Waals surface area contributed by atoms with Gasteiger partial charge in [0.15, 0.2) is 0 Å². The molecule has 2 aromatic carbocycles. The first-order valence-corrected chi connectivity index (χ1v) is 11.1. The van der Waals surface area contributed by atoms with E-state index < -0.39 is 19.9 Å². The van der Waals surface area contributed by atoms with Crippen LogP contribution in [0.25, 0.3) is 11.3 Å². The van der Waals surface area contributed by atoms with Gasteiger partial charge in [-0.2, -0.15) is 0 Å². The van der Waals surface area contributed by atoms with E-state index in [0.717, 1.165) is 24.3 Å². The van der Waals surface area contributed by atoms with Gasteiger partial charge in [0.1, 0.15) is 0 Å². The zero-order valence-corrected chi connectivity index (χ0v) is 20.5. The molecule has 14 heteroatoms. The van der Waals surface area contributed by atoms with E-state index >= 15 is 0 Å². The molecule has 1 N–H and O–H groups in total. The van der Waals surface area contributed by atoms with Gasteiger partial charge < -0.3 is 0 Å². The quantitative estimate of drug-likeness (QED) is 0.190. The van der Waals surface area contributed by atoms with Crippen LogP contribution in [0.5, 0.6) is 0 Å². The van der Waals surface area contributed by atoms with Crippen molar-refractivity contribution in [3.8, 4) is 11.3 Å². The van der Waals surface area contributed by atoms with Gasteiger partial charge in [-0.05, 0) is 42.5 Å². The Balaban J connectivity index is 0.000000711. The second-order valence-corrected chi connectivity index (χ2v) is 8.27. The molecule has 4 rings (SSSR count). The summed E-state index contributed by atoms with van der Waals surface area (Å²) >= 11 is 0. The summed E-state index contributed by atoms with van der Waals surface area (Å²) in [6, 6.07) is 18.6. The predicted octanol–water partition coefficient (Wildman–Crippen LogP) is 4.60. The molecule has 4 aromatic rings. The van der Waals surface area contributed by atoms with Crippen molar-refractivity contribution < 1.29 is 43.4 Å². The number of benzene rings is 2. The number of nitrogens with one attached hydrogen (secondary N) is 1. The Labute approximate surface area is 218 Å². The van der Waals surface area contributed by atoms with Crippen LogP contribution in [0.2, 0.25) is 0 Å². The van der Waals surface area contributed by atoms with Crippen molar-refractivity contribution in [3.63, 3.8) is 0 Å². The summed E-state index contributed by atoms with van der Waals surface area (Å²) in [6.07, 6.45) is 4.97. The molecule has 0 saturated heterocycles. The van der Waals surface area contributed by atoms with Crippen LogP contribution in [-0.4, -0.2) is 28.2 Å². The fourth-order valence-corrected chi connectivity index (χ4v) is 3.81. The Bertz CT molecular complexity index is 1370. The van der Waals surface area contributed by atoms with Crippen LogP contribution in [0.1, 0.15) is 0 Å². The molecule has 0 aliphatic carbocycles. The SMILES string of the molecule is F.O=[N+]([O-])c1ccc(S(=O)(=O)Nc2ccc([N+](=O)[O-])cc2-c2ccccn2)cc1.[Pd].c1ccncc1. The number of sulfonamides is 1. The minimum Gasteiger partial charge on any atom is -0.279 e. The topological polar surface area (TPSA) is 158 Å². The van der Waals surface area contributed by atoms with Crippen LogP contribution < -0.4 is 4.72 Å². The number of rotatable bonds is 6. The van der Waals surface area contributed by atoms with Crippen molar-refractivity contribution in [2.75, 3.05) is 4.72 Å². The maximum Gasteiger partial charge on any atom is 0.270 e. The zero-order chi connectivity index (χ0) is 24.6. The maximum atomic E-state index is 12.6. The predicted molar refractivity (Wildman–Crippen MR) is 127 cm³/mol. The summed E-state index contributed by atoms with van der Waals surface area (Å²) in [6.45, 7) is 0. The molecule has 0 atom stereocenters. The van der Waals surface area contributed by atoms with Gasteiger partial charge in [-0.1, -0.05) is 12.1 Å². The average molecular weight is 606 g/mol. The molecule has 0 fully saturated rings. The van der Waals surface area contributed by atoms with Crippen LogP contribution >= 0.6 is 0 Å². The molecular formula is C22H18FN5O6PdS. The summed E-state index contributed by atoms with van der Waals surface area (Å²) in [5.41, 5.74) is 0.179. The van der Waals surface area contributed by atoms with Crippen molar-refractivity contribution in [2.24, 2.45) is 0 Å². The third kappa shape index (κ3) is 7.98. The van der Waals surface area contributed by atoms with Crippen LogP contribution in [0.15, 0.2) is 102 Å². The second-order valence-electron chi connectivity index (χ2n) is 6.58. The molecular weight excluding hydrogens is 588 g/mol. The fraction of sp³-hybridized carbons (Fsp3) is 0. The second kappa shape index (κ2) is 13.7. The van der Waals surface area contributed by atoms with E-state index in [1.54, 1.807) is 30.6 Å². The molecule has 0 unspecified atom stereocenters. The molecule has 0 bridgehead atoms. The summed E-state index contributed by atoms with van der Waals surface area (Å²) in [5.74, 6) is 0. The number of aromatic nitrogens is 2. The van der Waals surface area contributed by atoms with E-state index in [2.05, 4.69) is 14.7 Å². The fourth-order valence-electron chi connectivity index (χ4n) is 2.73. The van der Waals surface area contributed by atoms with E-state index in [0.29, 0.717) is 5.69 Å². The van der Waals surface area contributed by atoms with Gasteiger partial charge >= 0.3 is 0 Å². The first-order chi connectivity index (χ1) is 16.3. The van der Waals surface area contributed by atoms with Gasteiger partial charge in [-0.3, -0.25) is 39.6 Å². The van der Waals surface area contributed by atoms with Crippen LogP contribution in [0.3, 0.4) is 0 Å². The zero-order valence-electron chi connectivity index (χ0n) is 18.1. The van der Waals surface area contributed by atoms with Gasteiger partial charge in [0.25, 0.3) is 21.4 Å². The Morgan fingerprint density at radius 2 is 1.33 bits per heavy atom. The van der Waals surface area contributed by atoms with Gasteiger partial charge in [-0.25, -0.2) is 8.42 Å². The third-order valence-electron chi connectivity index (χ3n) is 4.32. The number of hydrogen-bond acceptors (Lipinski definition) is 8. The van der Waals surface area contributed by atoms with E-state index in [1.807, 2.05) is 18.2 Å². The number of pyridine rings is 2. The summed E-state index contributed by atoms with van der Waals surface area (Å²) in [5, 5.41) is 21.8. The van der Waals surface area contributed by atoms with Gasteiger partial charge in [0.05, 0.1) is 26.1 Å². The number of nitro benzene ring substituents is 2. The van der Waals surface area contributed by atoms with Crippen molar-refractivity contribution in [2.45, 2.75) is 4.90 Å². The van der Waals surface area contributed by atoms with E-state index in [9.17, 15) is 28.6 Å². The normalized spacial score (nSPS) is 9.89.